The summed E-state index contributed by atoms with van der Waals surface area (Å²) in [7, 11) is 0. The molecule has 4 aromatic rings. The first kappa shape index (κ1) is 14.4. The minimum atomic E-state index is -0.718. The molecule has 2 aromatic carbocycles. The minimum absolute atomic E-state index is 0.0465. The first-order chi connectivity index (χ1) is 11.6. The number of halogens is 1. The van der Waals surface area contributed by atoms with Crippen molar-refractivity contribution in [1.82, 2.24) is 20.4 Å². The summed E-state index contributed by atoms with van der Waals surface area (Å²) in [6.07, 6.45) is 1.70. The number of hydrogen-bond acceptors (Lipinski definition) is 5. The topological polar surface area (TPSA) is 124 Å². The van der Waals surface area contributed by atoms with E-state index in [2.05, 4.69) is 20.4 Å². The smallest absolute Gasteiger partial charge is 0.271 e. The number of rotatable bonds is 2. The van der Waals surface area contributed by atoms with Gasteiger partial charge in [0, 0.05) is 26.9 Å². The van der Waals surface area contributed by atoms with E-state index < -0.39 is 5.91 Å². The summed E-state index contributed by atoms with van der Waals surface area (Å²) < 4.78 is 0. The number of hydrogen-bond donors (Lipinski definition) is 3. The number of aromatic nitrogens is 4. The summed E-state index contributed by atoms with van der Waals surface area (Å²) in [6, 6.07) is 9.15. The molecule has 0 spiro atoms. The Hall–Kier alpha value is -3.19. The van der Waals surface area contributed by atoms with Crippen LogP contribution >= 0.6 is 11.6 Å². The Kier molecular flexibility index (Phi) is 3.10. The number of fused-ring (bicyclic) bond motifs is 2. The molecule has 2 aromatic heterocycles. The Morgan fingerprint density at radius 2 is 2.00 bits per heavy atom. The Morgan fingerprint density at radius 3 is 2.79 bits per heavy atom. The SMILES string of the molecule is NC(=O)c1nnc2c(-c3cc4[nH]ncc4cc3Cl)cccc2c1N. The number of H-pyrrole nitrogens is 1. The van der Waals surface area contributed by atoms with Crippen molar-refractivity contribution in [3.63, 3.8) is 0 Å². The molecule has 118 valence electrons. The van der Waals surface area contributed by atoms with E-state index in [9.17, 15) is 4.79 Å². The third kappa shape index (κ3) is 2.06. The van der Waals surface area contributed by atoms with E-state index in [-0.39, 0.29) is 11.4 Å². The van der Waals surface area contributed by atoms with E-state index in [1.54, 1.807) is 12.3 Å². The fourth-order valence-electron chi connectivity index (χ4n) is 2.72. The number of nitrogens with one attached hydrogen (secondary N) is 1. The molecule has 2 heterocycles. The summed E-state index contributed by atoms with van der Waals surface area (Å²) in [6.45, 7) is 0. The van der Waals surface area contributed by atoms with Gasteiger partial charge in [0.15, 0.2) is 5.69 Å². The van der Waals surface area contributed by atoms with Gasteiger partial charge in [-0.1, -0.05) is 29.8 Å². The normalized spacial score (nSPS) is 11.2. The summed E-state index contributed by atoms with van der Waals surface area (Å²) in [5.74, 6) is -0.718. The van der Waals surface area contributed by atoms with Crippen LogP contribution in [0.15, 0.2) is 36.5 Å². The molecule has 0 aliphatic carbocycles. The first-order valence-electron chi connectivity index (χ1n) is 7.04. The van der Waals surface area contributed by atoms with Crippen molar-refractivity contribution in [2.75, 3.05) is 5.73 Å². The quantitative estimate of drug-likeness (QED) is 0.518. The van der Waals surface area contributed by atoms with Crippen LogP contribution in [0, 0.1) is 0 Å². The zero-order chi connectivity index (χ0) is 16.8. The van der Waals surface area contributed by atoms with E-state index >= 15 is 0 Å². The molecule has 0 aliphatic heterocycles. The van der Waals surface area contributed by atoms with Crippen LogP contribution in [0.25, 0.3) is 32.9 Å². The van der Waals surface area contributed by atoms with Crippen LogP contribution in [-0.2, 0) is 0 Å². The predicted molar refractivity (Wildman–Crippen MR) is 92.6 cm³/mol. The summed E-state index contributed by atoms with van der Waals surface area (Å²) in [4.78, 5) is 11.4. The fraction of sp³-hybridized carbons (Fsp3) is 0. The minimum Gasteiger partial charge on any atom is -0.396 e. The molecule has 4 rings (SSSR count). The number of anilines is 1. The van der Waals surface area contributed by atoms with Crippen molar-refractivity contribution in [2.45, 2.75) is 0 Å². The molecule has 0 saturated heterocycles. The van der Waals surface area contributed by atoms with Gasteiger partial charge in [-0.25, -0.2) is 0 Å². The lowest BCUT2D eigenvalue weighted by atomic mass is 10.00. The van der Waals surface area contributed by atoms with E-state index in [1.807, 2.05) is 24.3 Å². The molecule has 0 aliphatic rings. The van der Waals surface area contributed by atoms with E-state index in [4.69, 9.17) is 23.1 Å². The number of nitrogen functional groups attached to an aromatic ring is 1. The molecule has 5 N–H and O–H groups in total. The Balaban J connectivity index is 2.04. The van der Waals surface area contributed by atoms with E-state index in [0.29, 0.717) is 15.9 Å². The second-order valence-corrected chi connectivity index (χ2v) is 5.72. The standard InChI is InChI=1S/C16H11ClN6O/c17-11-4-7-6-20-21-12(7)5-10(11)8-2-1-3-9-13(18)15(16(19)24)23-22-14(8)9/h1-6H,(H2,18,22)(H2,19,24)(H,20,21). The van der Waals surface area contributed by atoms with Gasteiger partial charge in [0.2, 0.25) is 0 Å². The number of carbonyl (C=O) groups is 1. The first-order valence-corrected chi connectivity index (χ1v) is 7.41. The van der Waals surface area contributed by atoms with Crippen LogP contribution in [0.1, 0.15) is 10.5 Å². The number of primary amides is 1. The lowest BCUT2D eigenvalue weighted by molar-refractivity contribution is 0.0996. The fourth-order valence-corrected chi connectivity index (χ4v) is 2.99. The molecule has 1 amide bonds. The molecule has 7 nitrogen and oxygen atoms in total. The lowest BCUT2D eigenvalue weighted by Crippen LogP contribution is -2.16. The maximum absolute atomic E-state index is 11.4. The van der Waals surface area contributed by atoms with Crippen molar-refractivity contribution in [2.24, 2.45) is 5.73 Å². The third-order valence-electron chi connectivity index (χ3n) is 3.88. The Labute approximate surface area is 140 Å². The van der Waals surface area contributed by atoms with Gasteiger partial charge < -0.3 is 11.5 Å². The third-order valence-corrected chi connectivity index (χ3v) is 4.20. The van der Waals surface area contributed by atoms with Gasteiger partial charge in [0.25, 0.3) is 5.91 Å². The maximum Gasteiger partial charge on any atom is 0.271 e. The molecule has 0 saturated carbocycles. The van der Waals surface area contributed by atoms with Crippen LogP contribution < -0.4 is 11.5 Å². The summed E-state index contributed by atoms with van der Waals surface area (Å²) in [5, 5.41) is 17.0. The molecule has 0 radical (unpaired) electrons. The molecular weight excluding hydrogens is 328 g/mol. The van der Waals surface area contributed by atoms with Crippen molar-refractivity contribution < 1.29 is 4.79 Å². The van der Waals surface area contributed by atoms with Gasteiger partial charge in [0.1, 0.15) is 5.52 Å². The number of amides is 1. The number of nitrogens with two attached hydrogens (primary N) is 2. The molecule has 0 fully saturated rings. The van der Waals surface area contributed by atoms with E-state index in [1.165, 1.54) is 0 Å². The number of nitrogens with zero attached hydrogens (tertiary/aromatic N) is 3. The second kappa shape index (κ2) is 5.17. The predicted octanol–water partition coefficient (Wildman–Crippen LogP) is 2.51. The number of carbonyl (C=O) groups excluding carboxylic acids is 1. The Morgan fingerprint density at radius 1 is 1.17 bits per heavy atom. The lowest BCUT2D eigenvalue weighted by Gasteiger charge is -2.10. The van der Waals surface area contributed by atoms with Crippen LogP contribution in [0.4, 0.5) is 5.69 Å². The van der Waals surface area contributed by atoms with Crippen LogP contribution in [0.5, 0.6) is 0 Å². The van der Waals surface area contributed by atoms with Gasteiger partial charge in [-0.15, -0.1) is 10.2 Å². The summed E-state index contributed by atoms with van der Waals surface area (Å²) >= 11 is 6.42. The zero-order valence-corrected chi connectivity index (χ0v) is 13.0. The monoisotopic (exact) mass is 338 g/mol. The average Bonchev–Trinajstić information content (AvgIpc) is 3.01. The Bertz CT molecular complexity index is 1120. The highest BCUT2D eigenvalue weighted by Gasteiger charge is 2.16. The van der Waals surface area contributed by atoms with Gasteiger partial charge in [-0.05, 0) is 12.1 Å². The number of aromatic amines is 1. The number of benzene rings is 2. The van der Waals surface area contributed by atoms with Crippen molar-refractivity contribution >= 4 is 45.0 Å². The maximum atomic E-state index is 11.4. The van der Waals surface area contributed by atoms with E-state index in [0.717, 1.165) is 22.0 Å². The zero-order valence-electron chi connectivity index (χ0n) is 12.2. The van der Waals surface area contributed by atoms with Crippen molar-refractivity contribution in [1.29, 1.82) is 0 Å². The molecule has 0 bridgehead atoms. The van der Waals surface area contributed by atoms with Crippen LogP contribution in [0.3, 0.4) is 0 Å². The highest BCUT2D eigenvalue weighted by Crippen LogP contribution is 2.36. The van der Waals surface area contributed by atoms with Gasteiger partial charge in [-0.3, -0.25) is 9.89 Å². The molecule has 24 heavy (non-hydrogen) atoms. The van der Waals surface area contributed by atoms with Crippen molar-refractivity contribution in [3.05, 3.63) is 47.2 Å². The van der Waals surface area contributed by atoms with Crippen LogP contribution in [-0.4, -0.2) is 26.3 Å². The van der Waals surface area contributed by atoms with Gasteiger partial charge in [0.05, 0.1) is 17.4 Å². The van der Waals surface area contributed by atoms with Crippen molar-refractivity contribution in [3.8, 4) is 11.1 Å². The molecule has 0 unspecified atom stereocenters. The van der Waals surface area contributed by atoms with Crippen LogP contribution in [0.2, 0.25) is 5.02 Å². The van der Waals surface area contributed by atoms with Gasteiger partial charge in [-0.2, -0.15) is 5.10 Å². The largest absolute Gasteiger partial charge is 0.396 e. The highest BCUT2D eigenvalue weighted by molar-refractivity contribution is 6.34. The molecule has 8 heteroatoms. The second-order valence-electron chi connectivity index (χ2n) is 5.32. The summed E-state index contributed by atoms with van der Waals surface area (Å²) in [5.41, 5.74) is 14.4. The average molecular weight is 339 g/mol. The van der Waals surface area contributed by atoms with Gasteiger partial charge >= 0.3 is 0 Å². The highest BCUT2D eigenvalue weighted by atomic mass is 35.5. The molecule has 0 atom stereocenters. The molecular formula is C16H11ClN6O.